The van der Waals surface area contributed by atoms with Crippen LogP contribution in [0.1, 0.15) is 10.4 Å². The van der Waals surface area contributed by atoms with Crippen molar-refractivity contribution in [2.75, 3.05) is 31.1 Å². The highest BCUT2D eigenvalue weighted by Crippen LogP contribution is 2.34. The third-order valence-electron chi connectivity index (χ3n) is 5.00. The Kier molecular flexibility index (Phi) is 5.50. The molecule has 0 bridgehead atoms. The van der Waals surface area contributed by atoms with Crippen molar-refractivity contribution < 1.29 is 23.1 Å². The Bertz CT molecular complexity index is 1060. The molecule has 0 aliphatic carbocycles. The quantitative estimate of drug-likeness (QED) is 0.679. The molecule has 1 amide bonds. The second-order valence-electron chi connectivity index (χ2n) is 7.09. The van der Waals surface area contributed by atoms with Crippen molar-refractivity contribution in [1.82, 2.24) is 14.9 Å². The van der Waals surface area contributed by atoms with Gasteiger partial charge in [0.2, 0.25) is 5.91 Å². The van der Waals surface area contributed by atoms with E-state index >= 15 is 0 Å². The highest BCUT2D eigenvalue weighted by atomic mass is 32.1. The third kappa shape index (κ3) is 4.48. The van der Waals surface area contributed by atoms with E-state index in [1.54, 1.807) is 29.2 Å². The van der Waals surface area contributed by atoms with Gasteiger partial charge in [-0.15, -0.1) is 11.3 Å². The van der Waals surface area contributed by atoms with E-state index in [1.165, 1.54) is 12.4 Å². The number of carbonyl (C=O) groups excluding carboxylic acids is 1. The molecule has 0 saturated carbocycles. The number of halogens is 3. The summed E-state index contributed by atoms with van der Waals surface area (Å²) in [5.41, 5.74) is 0.581. The lowest BCUT2D eigenvalue weighted by atomic mass is 10.1. The summed E-state index contributed by atoms with van der Waals surface area (Å²) in [4.78, 5) is 25.4. The van der Waals surface area contributed by atoms with Gasteiger partial charge in [-0.25, -0.2) is 9.97 Å². The van der Waals surface area contributed by atoms with Crippen LogP contribution < -0.4 is 4.90 Å². The number of alkyl halides is 3. The average molecular weight is 436 g/mol. The van der Waals surface area contributed by atoms with E-state index in [2.05, 4.69) is 9.97 Å². The second-order valence-corrected chi connectivity index (χ2v) is 8.21. The molecule has 1 fully saturated rings. The number of nitrogens with zero attached hydrogens (tertiary/aromatic N) is 4. The summed E-state index contributed by atoms with van der Waals surface area (Å²) in [6, 6.07) is 8.26. The van der Waals surface area contributed by atoms with Gasteiger partial charge in [0.05, 0.1) is 18.2 Å². The number of fused-ring (bicyclic) bond motifs is 1. The molecule has 1 aliphatic rings. The Balaban J connectivity index is 1.44. The number of amides is 1. The van der Waals surface area contributed by atoms with E-state index in [-0.39, 0.29) is 23.0 Å². The van der Waals surface area contributed by atoms with Gasteiger partial charge in [-0.3, -0.25) is 4.79 Å². The Morgan fingerprint density at radius 1 is 1.13 bits per heavy atom. The standard InChI is InChI=1S/C20H19F3N4O2S/c21-20(22,23)11-14-10-15-18(24-12-25-19(15)30-14)27-7-5-26(6-8-27)17(29)9-13-3-1-2-4-16(13)28/h1-4,10,12,28H,5-9,11H2. The predicted octanol–water partition coefficient (Wildman–Crippen LogP) is 3.39. The molecule has 1 aliphatic heterocycles. The Labute approximate surface area is 174 Å². The predicted molar refractivity (Wildman–Crippen MR) is 108 cm³/mol. The molecule has 30 heavy (non-hydrogen) atoms. The molecule has 3 aromatic rings. The number of aromatic hydroxyl groups is 1. The number of anilines is 1. The monoisotopic (exact) mass is 436 g/mol. The number of para-hydroxylation sites is 1. The van der Waals surface area contributed by atoms with Crippen molar-refractivity contribution in [3.05, 3.63) is 47.1 Å². The number of thiophene rings is 1. The van der Waals surface area contributed by atoms with E-state index in [1.807, 2.05) is 4.90 Å². The molecule has 3 heterocycles. The van der Waals surface area contributed by atoms with Gasteiger partial charge in [0.25, 0.3) is 0 Å². The smallest absolute Gasteiger partial charge is 0.393 e. The summed E-state index contributed by atoms with van der Waals surface area (Å²) in [5.74, 6) is 0.615. The van der Waals surface area contributed by atoms with Crippen LogP contribution in [0.2, 0.25) is 0 Å². The lowest BCUT2D eigenvalue weighted by Crippen LogP contribution is -2.49. The molecule has 1 aromatic carbocycles. The van der Waals surface area contributed by atoms with Crippen molar-refractivity contribution in [3.8, 4) is 5.75 Å². The fraction of sp³-hybridized carbons (Fsp3) is 0.350. The van der Waals surface area contributed by atoms with Gasteiger partial charge in [-0.05, 0) is 12.1 Å². The third-order valence-corrected chi connectivity index (χ3v) is 6.04. The first-order valence-electron chi connectivity index (χ1n) is 9.40. The number of hydrogen-bond donors (Lipinski definition) is 1. The zero-order chi connectivity index (χ0) is 21.3. The molecule has 0 atom stereocenters. The van der Waals surface area contributed by atoms with Crippen molar-refractivity contribution in [1.29, 1.82) is 0 Å². The minimum Gasteiger partial charge on any atom is -0.508 e. The molecule has 1 saturated heterocycles. The summed E-state index contributed by atoms with van der Waals surface area (Å²) >= 11 is 1.02. The zero-order valence-electron chi connectivity index (χ0n) is 15.9. The summed E-state index contributed by atoms with van der Waals surface area (Å²) in [6.45, 7) is 1.97. The molecule has 0 radical (unpaired) electrons. The number of hydrogen-bond acceptors (Lipinski definition) is 6. The lowest BCUT2D eigenvalue weighted by Gasteiger charge is -2.35. The first kappa shape index (κ1) is 20.4. The van der Waals surface area contributed by atoms with E-state index in [0.29, 0.717) is 47.8 Å². The van der Waals surface area contributed by atoms with E-state index in [0.717, 1.165) is 11.3 Å². The topological polar surface area (TPSA) is 69.6 Å². The zero-order valence-corrected chi connectivity index (χ0v) is 16.7. The van der Waals surface area contributed by atoms with Crippen LogP contribution in [0.4, 0.5) is 19.0 Å². The molecule has 10 heteroatoms. The fourth-order valence-electron chi connectivity index (χ4n) is 3.53. The van der Waals surface area contributed by atoms with Crippen molar-refractivity contribution in [2.24, 2.45) is 0 Å². The van der Waals surface area contributed by atoms with E-state index in [9.17, 15) is 23.1 Å². The van der Waals surface area contributed by atoms with Crippen molar-refractivity contribution in [2.45, 2.75) is 19.0 Å². The number of phenols is 1. The highest BCUT2D eigenvalue weighted by Gasteiger charge is 2.30. The van der Waals surface area contributed by atoms with Gasteiger partial charge in [0, 0.05) is 36.6 Å². The lowest BCUT2D eigenvalue weighted by molar-refractivity contribution is -0.130. The van der Waals surface area contributed by atoms with Gasteiger partial charge in [0.1, 0.15) is 22.7 Å². The van der Waals surface area contributed by atoms with Crippen LogP contribution in [0.25, 0.3) is 10.2 Å². The highest BCUT2D eigenvalue weighted by molar-refractivity contribution is 7.18. The van der Waals surface area contributed by atoms with Crippen molar-refractivity contribution in [3.63, 3.8) is 0 Å². The number of benzene rings is 1. The maximum Gasteiger partial charge on any atom is 0.393 e. The van der Waals surface area contributed by atoms with Crippen LogP contribution >= 0.6 is 11.3 Å². The molecule has 0 spiro atoms. The van der Waals surface area contributed by atoms with Gasteiger partial charge in [-0.2, -0.15) is 13.2 Å². The summed E-state index contributed by atoms with van der Waals surface area (Å²) in [7, 11) is 0. The van der Waals surface area contributed by atoms with Crippen LogP contribution in [0.3, 0.4) is 0 Å². The minimum atomic E-state index is -4.27. The van der Waals surface area contributed by atoms with Crippen molar-refractivity contribution >= 4 is 33.3 Å². The van der Waals surface area contributed by atoms with Gasteiger partial charge < -0.3 is 14.9 Å². The molecule has 1 N–H and O–H groups in total. The number of phenolic OH excluding ortho intramolecular Hbond substituents is 1. The Hall–Kier alpha value is -2.88. The van der Waals surface area contributed by atoms with Crippen LogP contribution in [0, 0.1) is 0 Å². The number of piperazine rings is 1. The maximum atomic E-state index is 12.7. The maximum absolute atomic E-state index is 12.7. The van der Waals surface area contributed by atoms with Crippen LogP contribution in [-0.2, 0) is 17.6 Å². The SMILES string of the molecule is O=C(Cc1ccccc1O)N1CCN(c2ncnc3sc(CC(F)(F)F)cc23)CC1. The Morgan fingerprint density at radius 2 is 1.87 bits per heavy atom. The fourth-order valence-corrected chi connectivity index (χ4v) is 4.55. The average Bonchev–Trinajstić information content (AvgIpc) is 3.10. The van der Waals surface area contributed by atoms with E-state index in [4.69, 9.17) is 0 Å². The van der Waals surface area contributed by atoms with Crippen LogP contribution in [0.15, 0.2) is 36.7 Å². The molecular weight excluding hydrogens is 417 g/mol. The second kappa shape index (κ2) is 8.10. The first-order chi connectivity index (χ1) is 14.3. The normalized spacial score (nSPS) is 15.0. The van der Waals surface area contributed by atoms with Crippen LogP contribution in [0.5, 0.6) is 5.75 Å². The minimum absolute atomic E-state index is 0.0769. The first-order valence-corrected chi connectivity index (χ1v) is 10.2. The van der Waals surface area contributed by atoms with Crippen LogP contribution in [-0.4, -0.2) is 58.2 Å². The summed E-state index contributed by atoms with van der Waals surface area (Å²) in [6.07, 6.45) is -3.77. The molecule has 6 nitrogen and oxygen atoms in total. The molecule has 2 aromatic heterocycles. The van der Waals surface area contributed by atoms with E-state index < -0.39 is 12.6 Å². The largest absolute Gasteiger partial charge is 0.508 e. The molecule has 0 unspecified atom stereocenters. The van der Waals surface area contributed by atoms with Gasteiger partial charge in [-0.1, -0.05) is 18.2 Å². The Morgan fingerprint density at radius 3 is 2.57 bits per heavy atom. The number of aromatic nitrogens is 2. The van der Waals surface area contributed by atoms with Gasteiger partial charge >= 0.3 is 6.18 Å². The van der Waals surface area contributed by atoms with Gasteiger partial charge in [0.15, 0.2) is 0 Å². The number of rotatable bonds is 4. The summed E-state index contributed by atoms with van der Waals surface area (Å²) in [5, 5.41) is 10.5. The molecule has 158 valence electrons. The summed E-state index contributed by atoms with van der Waals surface area (Å²) < 4.78 is 38.2. The number of carbonyl (C=O) groups is 1. The molecular formula is C20H19F3N4O2S. The molecule has 4 rings (SSSR count).